The molecule has 2 aromatic heterocycles. The molecule has 0 saturated heterocycles. The lowest BCUT2D eigenvalue weighted by atomic mass is 9.79. The van der Waals surface area contributed by atoms with Crippen molar-refractivity contribution in [3.05, 3.63) is 147 Å². The molecule has 7 aliphatic carbocycles. The van der Waals surface area contributed by atoms with Crippen LogP contribution in [0.5, 0.6) is 0 Å². The molecule has 0 amide bonds. The van der Waals surface area contributed by atoms with Crippen molar-refractivity contribution in [2.45, 2.75) is 95.7 Å². The first-order valence-corrected chi connectivity index (χ1v) is 19.4. The number of fused-ring (bicyclic) bond motifs is 6. The average molecular weight is 657 g/mol. The van der Waals surface area contributed by atoms with Crippen molar-refractivity contribution in [1.82, 2.24) is 9.47 Å². The first kappa shape index (κ1) is 30.3. The maximum atomic E-state index is 6.54. The summed E-state index contributed by atoms with van der Waals surface area (Å²) in [4.78, 5) is 2.87. The molecule has 0 fully saturated rings. The Hall–Kier alpha value is -4.50. The third kappa shape index (κ3) is 4.99. The summed E-state index contributed by atoms with van der Waals surface area (Å²) in [6.45, 7) is 2.41. The number of nitrogens with zero attached hydrogens (tertiary/aromatic N) is 2. The Morgan fingerprint density at radius 3 is 2.56 bits per heavy atom. The molecule has 0 N–H and O–H groups in total. The van der Waals surface area contributed by atoms with E-state index in [1.807, 2.05) is 0 Å². The van der Waals surface area contributed by atoms with Gasteiger partial charge in [0.05, 0.1) is 12.1 Å². The van der Waals surface area contributed by atoms with Crippen LogP contribution in [0.2, 0.25) is 0 Å². The minimum absolute atomic E-state index is 0.208. The van der Waals surface area contributed by atoms with E-state index in [-0.39, 0.29) is 12.1 Å². The summed E-state index contributed by atoms with van der Waals surface area (Å²) in [6, 6.07) is 9.69. The number of para-hydroxylation sites is 1. The Balaban J connectivity index is 1.12. The van der Waals surface area contributed by atoms with E-state index < -0.39 is 0 Å². The van der Waals surface area contributed by atoms with Gasteiger partial charge in [-0.15, -0.1) is 0 Å². The van der Waals surface area contributed by atoms with Gasteiger partial charge >= 0.3 is 0 Å². The molecule has 10 rings (SSSR count). The van der Waals surface area contributed by atoms with Gasteiger partial charge in [-0.25, -0.2) is 0 Å². The lowest BCUT2D eigenvalue weighted by Gasteiger charge is -2.45. The predicted octanol–water partition coefficient (Wildman–Crippen LogP) is 11.9. The normalized spacial score (nSPS) is 27.9. The van der Waals surface area contributed by atoms with Gasteiger partial charge in [-0.1, -0.05) is 97.5 Å². The molecule has 5 atom stereocenters. The fourth-order valence-corrected chi connectivity index (χ4v) is 10.3. The van der Waals surface area contributed by atoms with Crippen molar-refractivity contribution in [1.29, 1.82) is 0 Å². The molecule has 3 nitrogen and oxygen atoms in total. The average Bonchev–Trinajstić information content (AvgIpc) is 3.71. The summed E-state index contributed by atoms with van der Waals surface area (Å²) >= 11 is 0. The van der Waals surface area contributed by atoms with Crippen molar-refractivity contribution in [2.24, 2.45) is 11.8 Å². The van der Waals surface area contributed by atoms with Crippen molar-refractivity contribution >= 4 is 29.2 Å². The van der Waals surface area contributed by atoms with Crippen LogP contribution < -0.4 is 0 Å². The summed E-state index contributed by atoms with van der Waals surface area (Å²) in [5.41, 5.74) is 14.7. The molecular formula is C47H48N2O. The number of hydrogen-bond acceptors (Lipinski definition) is 2. The van der Waals surface area contributed by atoms with Crippen LogP contribution in [-0.4, -0.2) is 15.5 Å². The zero-order chi connectivity index (χ0) is 33.2. The van der Waals surface area contributed by atoms with Crippen LogP contribution >= 0.6 is 0 Å². The van der Waals surface area contributed by atoms with Gasteiger partial charge in [0.15, 0.2) is 0 Å². The van der Waals surface area contributed by atoms with Crippen LogP contribution in [0.25, 0.3) is 29.2 Å². The van der Waals surface area contributed by atoms with Crippen molar-refractivity contribution in [3.8, 4) is 0 Å². The molecule has 0 saturated carbocycles. The molecule has 3 aromatic rings. The molecule has 0 spiro atoms. The summed E-state index contributed by atoms with van der Waals surface area (Å²) in [6.07, 6.45) is 46.4. The van der Waals surface area contributed by atoms with Gasteiger partial charge in [-0.3, -0.25) is 0 Å². The SMILES string of the molecule is CC1C=C(N(C2C=Cc3c(c4c(n3C3CC=CCC3)C=CC(C3=CC=CCC3)C4)C2)C2CC=Cc3oc4ccccc4c32)C2=C(C=CCC2)C1. The van der Waals surface area contributed by atoms with Crippen LogP contribution in [0.3, 0.4) is 0 Å². The van der Waals surface area contributed by atoms with Gasteiger partial charge in [0, 0.05) is 40.0 Å². The molecule has 0 bridgehead atoms. The number of allylic oxidation sites excluding steroid dienone is 12. The molecule has 50 heavy (non-hydrogen) atoms. The predicted molar refractivity (Wildman–Crippen MR) is 207 cm³/mol. The standard InChI is InChI=1S/C47H48N2O/c1-31-27-34-15-8-9-18-37(34)44(28-31)49(43-20-12-22-46-47(43)38-19-10-11-21-45(38)50-46)36-24-26-42-40(30-36)39-29-33(32-13-4-2-5-14-32)23-25-41(39)48(42)35-16-6-3-7-17-35/h2-4,6,8,10-13,15,19,21-26,28,31,33,35-36,43H,5,7,9,14,16-18,20,27,29-30H2,1H3. The molecule has 3 heteroatoms. The number of aromatic nitrogens is 1. The minimum atomic E-state index is 0.208. The fraction of sp³-hybridized carbons (Fsp3) is 0.362. The molecule has 0 radical (unpaired) electrons. The minimum Gasteiger partial charge on any atom is -0.456 e. The zero-order valence-electron chi connectivity index (χ0n) is 29.4. The van der Waals surface area contributed by atoms with Crippen LogP contribution in [-0.2, 0) is 12.8 Å². The van der Waals surface area contributed by atoms with E-state index in [1.165, 1.54) is 47.3 Å². The van der Waals surface area contributed by atoms with E-state index in [9.17, 15) is 0 Å². The van der Waals surface area contributed by atoms with Crippen LogP contribution in [0.15, 0.2) is 118 Å². The highest BCUT2D eigenvalue weighted by atomic mass is 16.3. The van der Waals surface area contributed by atoms with Crippen LogP contribution in [0.1, 0.15) is 111 Å². The molecule has 252 valence electrons. The summed E-state index contributed by atoms with van der Waals surface area (Å²) in [7, 11) is 0. The van der Waals surface area contributed by atoms with Crippen molar-refractivity contribution in [3.63, 3.8) is 0 Å². The van der Waals surface area contributed by atoms with Gasteiger partial charge in [-0.2, -0.15) is 0 Å². The lowest BCUT2D eigenvalue weighted by molar-refractivity contribution is 0.210. The van der Waals surface area contributed by atoms with E-state index in [4.69, 9.17) is 4.42 Å². The van der Waals surface area contributed by atoms with Gasteiger partial charge in [0.1, 0.15) is 11.3 Å². The molecule has 2 heterocycles. The summed E-state index contributed by atoms with van der Waals surface area (Å²) in [5.74, 6) is 2.03. The van der Waals surface area contributed by atoms with Crippen LogP contribution in [0, 0.1) is 11.8 Å². The molecule has 5 unspecified atom stereocenters. The van der Waals surface area contributed by atoms with Gasteiger partial charge in [0.2, 0.25) is 0 Å². The Kier molecular flexibility index (Phi) is 7.51. The maximum Gasteiger partial charge on any atom is 0.135 e. The smallest absolute Gasteiger partial charge is 0.135 e. The Labute approximate surface area is 297 Å². The number of benzene rings is 1. The highest BCUT2D eigenvalue weighted by Crippen LogP contribution is 2.49. The molecule has 0 aliphatic heterocycles. The topological polar surface area (TPSA) is 21.3 Å². The monoisotopic (exact) mass is 656 g/mol. The van der Waals surface area contributed by atoms with E-state index in [2.05, 4.69) is 126 Å². The first-order valence-electron chi connectivity index (χ1n) is 19.4. The molecule has 7 aliphatic rings. The van der Waals surface area contributed by atoms with Gasteiger partial charge < -0.3 is 13.9 Å². The molecular weight excluding hydrogens is 609 g/mol. The van der Waals surface area contributed by atoms with Crippen molar-refractivity contribution in [2.75, 3.05) is 0 Å². The Bertz CT molecular complexity index is 2150. The Morgan fingerprint density at radius 1 is 0.800 bits per heavy atom. The van der Waals surface area contributed by atoms with Crippen LogP contribution in [0.4, 0.5) is 0 Å². The maximum absolute atomic E-state index is 6.54. The largest absolute Gasteiger partial charge is 0.456 e. The number of hydrogen-bond donors (Lipinski definition) is 0. The number of rotatable bonds is 5. The third-order valence-corrected chi connectivity index (χ3v) is 12.6. The quantitative estimate of drug-likeness (QED) is 0.255. The molecule has 1 aromatic carbocycles. The Morgan fingerprint density at radius 2 is 1.68 bits per heavy atom. The summed E-state index contributed by atoms with van der Waals surface area (Å²) < 4.78 is 9.30. The van der Waals surface area contributed by atoms with Gasteiger partial charge in [-0.05, 0) is 123 Å². The number of furan rings is 1. The zero-order valence-corrected chi connectivity index (χ0v) is 29.4. The lowest BCUT2D eigenvalue weighted by Crippen LogP contribution is -2.41. The highest BCUT2D eigenvalue weighted by Gasteiger charge is 2.39. The third-order valence-electron chi connectivity index (χ3n) is 12.6. The summed E-state index contributed by atoms with van der Waals surface area (Å²) in [5, 5.41) is 1.26. The van der Waals surface area contributed by atoms with E-state index >= 15 is 0 Å². The fourth-order valence-electron chi connectivity index (χ4n) is 10.3. The highest BCUT2D eigenvalue weighted by molar-refractivity contribution is 5.86. The van der Waals surface area contributed by atoms with E-state index in [1.54, 1.807) is 27.8 Å². The first-order chi connectivity index (χ1) is 24.7. The second kappa shape index (κ2) is 12.4. The van der Waals surface area contributed by atoms with E-state index in [0.29, 0.717) is 17.9 Å². The second-order valence-electron chi connectivity index (χ2n) is 15.7. The van der Waals surface area contributed by atoms with E-state index in [0.717, 1.165) is 62.7 Å². The van der Waals surface area contributed by atoms with Gasteiger partial charge in [0.25, 0.3) is 0 Å². The second-order valence-corrected chi connectivity index (χ2v) is 15.7. The van der Waals surface area contributed by atoms with Crippen molar-refractivity contribution < 1.29 is 4.42 Å².